The first-order valence-corrected chi connectivity index (χ1v) is 5.62. The molecule has 4 nitrogen and oxygen atoms in total. The van der Waals surface area contributed by atoms with Gasteiger partial charge in [-0.05, 0) is 25.3 Å². The number of rotatable bonds is 2. The van der Waals surface area contributed by atoms with Crippen molar-refractivity contribution < 1.29 is 4.79 Å². The number of hydrogen-bond donors (Lipinski definition) is 0. The molecule has 1 aromatic heterocycles. The highest BCUT2D eigenvalue weighted by atomic mass is 16.2. The highest BCUT2D eigenvalue weighted by molar-refractivity contribution is 5.81. The molecule has 0 aromatic carbocycles. The van der Waals surface area contributed by atoms with E-state index in [0.29, 0.717) is 17.9 Å². The Kier molecular flexibility index (Phi) is 2.01. The van der Waals surface area contributed by atoms with Crippen LogP contribution in [0, 0.1) is 5.92 Å². The van der Waals surface area contributed by atoms with E-state index in [1.165, 1.54) is 0 Å². The lowest BCUT2D eigenvalue weighted by molar-refractivity contribution is -0.131. The van der Waals surface area contributed by atoms with Gasteiger partial charge in [0.15, 0.2) is 0 Å². The van der Waals surface area contributed by atoms with Gasteiger partial charge >= 0.3 is 0 Å². The number of carbonyl (C=O) groups excluding carboxylic acids is 1. The standard InChI is InChI=1S/C11H15N3O/c15-11(9-2-3-9)13-7-4-10(8-13)14-6-1-5-12-14/h1,5-6,9-10H,2-4,7-8H2. The molecule has 0 N–H and O–H groups in total. The van der Waals surface area contributed by atoms with Gasteiger partial charge in [-0.2, -0.15) is 5.10 Å². The molecule has 1 amide bonds. The number of nitrogens with zero attached hydrogens (tertiary/aromatic N) is 3. The predicted octanol–water partition coefficient (Wildman–Crippen LogP) is 1.07. The minimum Gasteiger partial charge on any atom is -0.340 e. The van der Waals surface area contributed by atoms with Crippen LogP contribution >= 0.6 is 0 Å². The Balaban J connectivity index is 1.65. The maximum absolute atomic E-state index is 11.8. The van der Waals surface area contributed by atoms with E-state index in [2.05, 4.69) is 5.10 Å². The lowest BCUT2D eigenvalue weighted by Crippen LogP contribution is -2.30. The second-order valence-corrected chi connectivity index (χ2v) is 4.49. The van der Waals surface area contributed by atoms with Crippen LogP contribution in [-0.4, -0.2) is 33.7 Å². The molecule has 0 spiro atoms. The summed E-state index contributed by atoms with van der Waals surface area (Å²) >= 11 is 0. The molecule has 2 heterocycles. The first-order chi connectivity index (χ1) is 7.34. The molecule has 1 aromatic rings. The smallest absolute Gasteiger partial charge is 0.225 e. The van der Waals surface area contributed by atoms with Crippen molar-refractivity contribution in [2.75, 3.05) is 13.1 Å². The lowest BCUT2D eigenvalue weighted by atomic mass is 10.3. The molecule has 15 heavy (non-hydrogen) atoms. The molecule has 3 rings (SSSR count). The number of hydrogen-bond acceptors (Lipinski definition) is 2. The van der Waals surface area contributed by atoms with Crippen LogP contribution in [0.3, 0.4) is 0 Å². The third-order valence-corrected chi connectivity index (χ3v) is 3.30. The summed E-state index contributed by atoms with van der Waals surface area (Å²) in [5.41, 5.74) is 0. The Labute approximate surface area is 88.9 Å². The van der Waals surface area contributed by atoms with Gasteiger partial charge in [-0.15, -0.1) is 0 Å². The number of aromatic nitrogens is 2. The minimum atomic E-state index is 0.348. The first-order valence-electron chi connectivity index (χ1n) is 5.62. The Morgan fingerprint density at radius 1 is 1.33 bits per heavy atom. The second kappa shape index (κ2) is 3.36. The van der Waals surface area contributed by atoms with Gasteiger partial charge in [0.2, 0.25) is 5.91 Å². The van der Waals surface area contributed by atoms with Gasteiger partial charge in [-0.1, -0.05) is 0 Å². The topological polar surface area (TPSA) is 38.1 Å². The van der Waals surface area contributed by atoms with Crippen molar-refractivity contribution in [3.05, 3.63) is 18.5 Å². The fourth-order valence-corrected chi connectivity index (χ4v) is 2.24. The summed E-state index contributed by atoms with van der Waals surface area (Å²) in [6.07, 6.45) is 7.02. The summed E-state index contributed by atoms with van der Waals surface area (Å²) in [6.45, 7) is 1.75. The Morgan fingerprint density at radius 3 is 2.87 bits per heavy atom. The highest BCUT2D eigenvalue weighted by Gasteiger charge is 2.36. The normalized spacial score (nSPS) is 25.9. The van der Waals surface area contributed by atoms with Gasteiger partial charge in [0.05, 0.1) is 6.04 Å². The zero-order valence-electron chi connectivity index (χ0n) is 8.67. The van der Waals surface area contributed by atoms with Gasteiger partial charge in [-0.3, -0.25) is 9.48 Å². The molecule has 80 valence electrons. The van der Waals surface area contributed by atoms with Crippen LogP contribution in [0.15, 0.2) is 18.5 Å². The zero-order valence-corrected chi connectivity index (χ0v) is 8.67. The second-order valence-electron chi connectivity index (χ2n) is 4.49. The first kappa shape index (κ1) is 8.95. The quantitative estimate of drug-likeness (QED) is 0.724. The van der Waals surface area contributed by atoms with E-state index in [1.807, 2.05) is 21.8 Å². The summed E-state index contributed by atoms with van der Waals surface area (Å²) in [5.74, 6) is 0.714. The average Bonchev–Trinajstić information content (AvgIpc) is 2.80. The van der Waals surface area contributed by atoms with Crippen LogP contribution in [0.5, 0.6) is 0 Å². The van der Waals surface area contributed by atoms with Crippen molar-refractivity contribution in [3.63, 3.8) is 0 Å². The molecular weight excluding hydrogens is 190 g/mol. The van der Waals surface area contributed by atoms with E-state index in [9.17, 15) is 4.79 Å². The molecule has 1 saturated heterocycles. The Hall–Kier alpha value is -1.32. The summed E-state index contributed by atoms with van der Waals surface area (Å²) in [5, 5.41) is 4.23. The molecule has 2 fully saturated rings. The zero-order chi connectivity index (χ0) is 10.3. The third-order valence-electron chi connectivity index (χ3n) is 3.30. The molecule has 0 bridgehead atoms. The fraction of sp³-hybridized carbons (Fsp3) is 0.636. The van der Waals surface area contributed by atoms with Gasteiger partial charge in [0, 0.05) is 31.4 Å². The maximum atomic E-state index is 11.8. The largest absolute Gasteiger partial charge is 0.340 e. The molecule has 1 saturated carbocycles. The van der Waals surface area contributed by atoms with Gasteiger partial charge in [0.25, 0.3) is 0 Å². The minimum absolute atomic E-state index is 0.348. The molecule has 1 aliphatic carbocycles. The van der Waals surface area contributed by atoms with E-state index in [1.54, 1.807) is 6.20 Å². The average molecular weight is 205 g/mol. The van der Waals surface area contributed by atoms with Crippen molar-refractivity contribution in [1.29, 1.82) is 0 Å². The molecule has 4 heteroatoms. The summed E-state index contributed by atoms with van der Waals surface area (Å²) < 4.78 is 1.97. The van der Waals surface area contributed by atoms with Crippen molar-refractivity contribution in [1.82, 2.24) is 14.7 Å². The molecular formula is C11H15N3O. The number of amides is 1. The number of carbonyl (C=O) groups is 1. The Morgan fingerprint density at radius 2 is 2.20 bits per heavy atom. The van der Waals surface area contributed by atoms with E-state index >= 15 is 0 Å². The molecule has 0 radical (unpaired) electrons. The van der Waals surface area contributed by atoms with Crippen LogP contribution < -0.4 is 0 Å². The lowest BCUT2D eigenvalue weighted by Gasteiger charge is -2.16. The van der Waals surface area contributed by atoms with E-state index < -0.39 is 0 Å². The van der Waals surface area contributed by atoms with Crippen molar-refractivity contribution >= 4 is 5.91 Å². The van der Waals surface area contributed by atoms with E-state index in [-0.39, 0.29) is 0 Å². The monoisotopic (exact) mass is 205 g/mol. The SMILES string of the molecule is O=C(C1CC1)N1CCC(n2cccn2)C1. The van der Waals surface area contributed by atoms with Crippen molar-refractivity contribution in [3.8, 4) is 0 Å². The Bertz CT molecular complexity index is 356. The van der Waals surface area contributed by atoms with E-state index in [4.69, 9.17) is 0 Å². The third kappa shape index (κ3) is 1.64. The van der Waals surface area contributed by atoms with Gasteiger partial charge in [0.1, 0.15) is 0 Å². The van der Waals surface area contributed by atoms with E-state index in [0.717, 1.165) is 32.4 Å². The van der Waals surface area contributed by atoms with Gasteiger partial charge in [-0.25, -0.2) is 0 Å². The van der Waals surface area contributed by atoms with Crippen molar-refractivity contribution in [2.24, 2.45) is 5.92 Å². The van der Waals surface area contributed by atoms with Crippen LogP contribution in [0.25, 0.3) is 0 Å². The van der Waals surface area contributed by atoms with Crippen LogP contribution in [0.1, 0.15) is 25.3 Å². The molecule has 2 aliphatic rings. The van der Waals surface area contributed by atoms with Gasteiger partial charge < -0.3 is 4.90 Å². The van der Waals surface area contributed by atoms with Crippen LogP contribution in [0.2, 0.25) is 0 Å². The predicted molar refractivity (Wildman–Crippen MR) is 55.2 cm³/mol. The van der Waals surface area contributed by atoms with Crippen LogP contribution in [-0.2, 0) is 4.79 Å². The number of likely N-dealkylation sites (tertiary alicyclic amines) is 1. The fourth-order valence-electron chi connectivity index (χ4n) is 2.24. The van der Waals surface area contributed by atoms with Crippen LogP contribution in [0.4, 0.5) is 0 Å². The van der Waals surface area contributed by atoms with Crippen molar-refractivity contribution in [2.45, 2.75) is 25.3 Å². The summed E-state index contributed by atoms with van der Waals surface area (Å²) in [7, 11) is 0. The molecule has 1 unspecified atom stereocenters. The molecule has 1 aliphatic heterocycles. The maximum Gasteiger partial charge on any atom is 0.225 e. The molecule has 1 atom stereocenters. The highest BCUT2D eigenvalue weighted by Crippen LogP contribution is 2.33. The summed E-state index contributed by atoms with van der Waals surface area (Å²) in [4.78, 5) is 13.8. The summed E-state index contributed by atoms with van der Waals surface area (Å²) in [6, 6.07) is 2.33.